The molecule has 40 heavy (non-hydrogen) atoms. The van der Waals surface area contributed by atoms with Crippen LogP contribution in [0.1, 0.15) is 24.0 Å². The Bertz CT molecular complexity index is 2000. The molecule has 3 aliphatic carbocycles. The molecule has 0 fully saturated rings. The lowest BCUT2D eigenvalue weighted by atomic mass is 9.88. The van der Waals surface area contributed by atoms with Crippen molar-refractivity contribution < 1.29 is 4.74 Å². The molecule has 2 unspecified atom stereocenters. The summed E-state index contributed by atoms with van der Waals surface area (Å²) in [6.07, 6.45) is 15.0. The second-order valence-electron chi connectivity index (χ2n) is 10.6. The monoisotopic (exact) mass is 513 g/mol. The van der Waals surface area contributed by atoms with Crippen LogP contribution >= 0.6 is 0 Å². The molecule has 0 N–H and O–H groups in total. The first-order chi connectivity index (χ1) is 19.8. The van der Waals surface area contributed by atoms with Crippen LogP contribution in [0, 0.1) is 0 Å². The van der Waals surface area contributed by atoms with E-state index in [4.69, 9.17) is 4.74 Å². The summed E-state index contributed by atoms with van der Waals surface area (Å²) < 4.78 is 6.87. The van der Waals surface area contributed by atoms with Crippen LogP contribution in [-0.2, 0) is 4.74 Å². The predicted molar refractivity (Wildman–Crippen MR) is 165 cm³/mol. The van der Waals surface area contributed by atoms with Gasteiger partial charge in [-0.3, -0.25) is 0 Å². The second-order valence-corrected chi connectivity index (χ2v) is 10.6. The molecule has 0 saturated carbocycles. The molecular weight excluding hydrogens is 486 g/mol. The van der Waals surface area contributed by atoms with Gasteiger partial charge in [0.05, 0.1) is 17.4 Å². The third-order valence-electron chi connectivity index (χ3n) is 8.34. The summed E-state index contributed by atoms with van der Waals surface area (Å²) in [6.45, 7) is 0. The summed E-state index contributed by atoms with van der Waals surface area (Å²) in [7, 11) is 0. The number of allylic oxidation sites excluding steroid dienone is 6. The topological polar surface area (TPSA) is 12.5 Å². The third-order valence-corrected chi connectivity index (χ3v) is 8.34. The van der Waals surface area contributed by atoms with Gasteiger partial charge in [0.25, 0.3) is 0 Å². The van der Waals surface area contributed by atoms with Gasteiger partial charge in [-0.25, -0.2) is 0 Å². The predicted octanol–water partition coefficient (Wildman–Crippen LogP) is 7.04. The molecule has 4 aromatic rings. The van der Waals surface area contributed by atoms with Gasteiger partial charge in [0.15, 0.2) is 0 Å². The van der Waals surface area contributed by atoms with Crippen LogP contribution in [0.25, 0.3) is 33.7 Å². The number of hydrogen-bond acceptors (Lipinski definition) is 2. The van der Waals surface area contributed by atoms with Crippen LogP contribution < -0.4 is 15.3 Å². The minimum atomic E-state index is -0.119. The van der Waals surface area contributed by atoms with Crippen LogP contribution in [0.15, 0.2) is 139 Å². The molecule has 1 heterocycles. The van der Waals surface area contributed by atoms with Crippen molar-refractivity contribution in [1.29, 1.82) is 0 Å². The van der Waals surface area contributed by atoms with E-state index in [9.17, 15) is 0 Å². The maximum Gasteiger partial charge on any atom is 0.142 e. The highest BCUT2D eigenvalue weighted by atomic mass is 16.5. The quantitative estimate of drug-likeness (QED) is 0.273. The smallest absolute Gasteiger partial charge is 0.142 e. The molecule has 1 aliphatic heterocycles. The molecule has 2 nitrogen and oxygen atoms in total. The third kappa shape index (κ3) is 3.74. The van der Waals surface area contributed by atoms with Crippen molar-refractivity contribution >= 4 is 39.4 Å². The summed E-state index contributed by atoms with van der Waals surface area (Å²) in [5, 5.41) is 4.71. The van der Waals surface area contributed by atoms with E-state index >= 15 is 0 Å². The van der Waals surface area contributed by atoms with Gasteiger partial charge in [-0.15, -0.1) is 0 Å². The van der Waals surface area contributed by atoms with E-state index in [-0.39, 0.29) is 12.1 Å². The van der Waals surface area contributed by atoms with Gasteiger partial charge in [-0.05, 0) is 76.1 Å². The van der Waals surface area contributed by atoms with Crippen LogP contribution in [0.4, 0.5) is 5.69 Å². The Balaban J connectivity index is 1.35. The molecular formula is C38H27NO. The Hall–Kier alpha value is -5.00. The van der Waals surface area contributed by atoms with Gasteiger partial charge < -0.3 is 9.64 Å². The zero-order chi connectivity index (χ0) is 26.5. The molecule has 190 valence electrons. The fourth-order valence-electron chi connectivity index (χ4n) is 6.44. The van der Waals surface area contributed by atoms with Crippen molar-refractivity contribution in [3.8, 4) is 0 Å². The average Bonchev–Trinajstić information content (AvgIpc) is 3.03. The summed E-state index contributed by atoms with van der Waals surface area (Å²) in [5.41, 5.74) is 14.1. The van der Waals surface area contributed by atoms with Gasteiger partial charge >= 0.3 is 0 Å². The van der Waals surface area contributed by atoms with E-state index in [1.54, 1.807) is 0 Å². The normalized spacial score (nSPS) is 20.4. The Labute approximate surface area is 233 Å². The molecule has 0 bridgehead atoms. The largest absolute Gasteiger partial charge is 0.482 e. The lowest BCUT2D eigenvalue weighted by molar-refractivity contribution is 0.130. The Morgan fingerprint density at radius 3 is 2.48 bits per heavy atom. The number of nitrogens with zero attached hydrogens (tertiary/aromatic N) is 1. The SMILES string of the molecule is C1=C=c2c(ccc3cccc(N4C5=C(C=C(c6ccccc6)CC5)OC5C=C(c6ccccc6)C=CC54)c23)=CC=1. The second kappa shape index (κ2) is 9.33. The molecule has 0 spiro atoms. The molecule has 0 amide bonds. The average molecular weight is 514 g/mol. The van der Waals surface area contributed by atoms with Crippen molar-refractivity contribution in [2.45, 2.75) is 25.0 Å². The van der Waals surface area contributed by atoms with E-state index in [0.717, 1.165) is 23.8 Å². The number of fused-ring (bicyclic) bond motifs is 4. The van der Waals surface area contributed by atoms with Gasteiger partial charge in [-0.1, -0.05) is 109 Å². The van der Waals surface area contributed by atoms with E-state index in [1.807, 2.05) is 6.08 Å². The van der Waals surface area contributed by atoms with Crippen LogP contribution in [0.2, 0.25) is 0 Å². The first-order valence-electron chi connectivity index (χ1n) is 14.0. The van der Waals surface area contributed by atoms with E-state index in [2.05, 4.69) is 138 Å². The molecule has 8 rings (SSSR count). The first-order valence-corrected chi connectivity index (χ1v) is 14.0. The van der Waals surface area contributed by atoms with Crippen molar-refractivity contribution in [3.63, 3.8) is 0 Å². The summed E-state index contributed by atoms with van der Waals surface area (Å²) in [6, 6.07) is 32.4. The van der Waals surface area contributed by atoms with Gasteiger partial charge in [0.1, 0.15) is 11.9 Å². The van der Waals surface area contributed by atoms with Crippen molar-refractivity contribution in [1.82, 2.24) is 0 Å². The lowest BCUT2D eigenvalue weighted by Gasteiger charge is -2.45. The highest BCUT2D eigenvalue weighted by Crippen LogP contribution is 2.44. The minimum absolute atomic E-state index is 0.0476. The number of rotatable bonds is 3. The van der Waals surface area contributed by atoms with Crippen molar-refractivity contribution in [2.24, 2.45) is 0 Å². The van der Waals surface area contributed by atoms with Crippen molar-refractivity contribution in [3.05, 3.63) is 160 Å². The minimum Gasteiger partial charge on any atom is -0.482 e. The fraction of sp³-hybridized carbons (Fsp3) is 0.105. The van der Waals surface area contributed by atoms with E-state index in [1.165, 1.54) is 49.6 Å². The number of ether oxygens (including phenoxy) is 1. The maximum absolute atomic E-state index is 6.87. The van der Waals surface area contributed by atoms with Crippen molar-refractivity contribution in [2.75, 3.05) is 4.90 Å². The highest BCUT2D eigenvalue weighted by Gasteiger charge is 2.39. The Morgan fingerprint density at radius 2 is 1.62 bits per heavy atom. The Kier molecular flexibility index (Phi) is 5.35. The number of hydrogen-bond donors (Lipinski definition) is 0. The van der Waals surface area contributed by atoms with E-state index < -0.39 is 0 Å². The van der Waals surface area contributed by atoms with Gasteiger partial charge in [0.2, 0.25) is 0 Å². The van der Waals surface area contributed by atoms with Crippen LogP contribution in [0.3, 0.4) is 0 Å². The fourth-order valence-corrected chi connectivity index (χ4v) is 6.44. The maximum atomic E-state index is 6.87. The molecule has 2 atom stereocenters. The molecule has 0 radical (unpaired) electrons. The van der Waals surface area contributed by atoms with E-state index in [0.29, 0.717) is 0 Å². The molecule has 0 saturated heterocycles. The summed E-state index contributed by atoms with van der Waals surface area (Å²) in [4.78, 5) is 2.54. The zero-order valence-electron chi connectivity index (χ0n) is 22.0. The molecule has 4 aromatic carbocycles. The molecule has 2 heteroatoms. The van der Waals surface area contributed by atoms with Gasteiger partial charge in [0, 0.05) is 10.6 Å². The number of benzene rings is 4. The lowest BCUT2D eigenvalue weighted by Crippen LogP contribution is -2.48. The first kappa shape index (κ1) is 22.9. The van der Waals surface area contributed by atoms with Gasteiger partial charge in [-0.2, -0.15) is 0 Å². The molecule has 4 aliphatic rings. The summed E-state index contributed by atoms with van der Waals surface area (Å²) >= 11 is 0. The highest BCUT2D eigenvalue weighted by molar-refractivity contribution is 5.97. The van der Waals surface area contributed by atoms with Crippen LogP contribution in [0.5, 0.6) is 0 Å². The summed E-state index contributed by atoms with van der Waals surface area (Å²) in [5.74, 6) is 0.970. The molecule has 0 aromatic heterocycles. The van der Waals surface area contributed by atoms with Crippen LogP contribution in [-0.4, -0.2) is 12.1 Å². The number of anilines is 1. The standard InChI is InChI=1S/C38H27NO/c1-3-10-26(11-4-1)30-20-22-33-36(24-30)40-37-25-31(27-12-5-2-6-13-27)21-23-34(37)39(33)35-17-9-15-29-19-18-28-14-7-8-16-32(28)38(29)35/h1-7,9-15,17-20,22,24-25,33,36H,21,23H2. The Morgan fingerprint density at radius 1 is 0.800 bits per heavy atom. The zero-order valence-corrected chi connectivity index (χ0v) is 22.0.